The number of nitrogens with one attached hydrogen (secondary N) is 1. The Balaban J connectivity index is 1.83. The normalized spacial score (nSPS) is 25.8. The lowest BCUT2D eigenvalue weighted by atomic mass is 9.79. The van der Waals surface area contributed by atoms with Gasteiger partial charge in [0.15, 0.2) is 0 Å². The van der Waals surface area contributed by atoms with Crippen LogP contribution in [0.2, 0.25) is 0 Å². The van der Waals surface area contributed by atoms with Gasteiger partial charge in [-0.15, -0.1) is 0 Å². The second-order valence-corrected chi connectivity index (χ2v) is 6.66. The first kappa shape index (κ1) is 14.4. The summed E-state index contributed by atoms with van der Waals surface area (Å²) in [7, 11) is 0. The zero-order valence-electron chi connectivity index (χ0n) is 12.4. The predicted molar refractivity (Wildman–Crippen MR) is 79.8 cm³/mol. The molecule has 0 aliphatic heterocycles. The topological polar surface area (TPSA) is 12.0 Å². The first-order valence-corrected chi connectivity index (χ1v) is 8.63. The van der Waals surface area contributed by atoms with Crippen LogP contribution in [-0.4, -0.2) is 12.6 Å². The van der Waals surface area contributed by atoms with Crippen molar-refractivity contribution in [3.05, 3.63) is 0 Å². The zero-order chi connectivity index (χ0) is 12.6. The summed E-state index contributed by atoms with van der Waals surface area (Å²) < 4.78 is 0. The summed E-state index contributed by atoms with van der Waals surface area (Å²) in [5.41, 5.74) is 0. The first-order valence-electron chi connectivity index (χ1n) is 8.63. The minimum absolute atomic E-state index is 0.832. The molecule has 0 heterocycles. The van der Waals surface area contributed by atoms with Gasteiger partial charge in [0.05, 0.1) is 0 Å². The predicted octanol–water partition coefficient (Wildman–Crippen LogP) is 4.91. The van der Waals surface area contributed by atoms with Crippen molar-refractivity contribution in [3.63, 3.8) is 0 Å². The zero-order valence-corrected chi connectivity index (χ0v) is 12.4. The van der Waals surface area contributed by atoms with Crippen molar-refractivity contribution >= 4 is 0 Å². The third-order valence-electron chi connectivity index (χ3n) is 5.25. The van der Waals surface area contributed by atoms with E-state index in [1.54, 1.807) is 0 Å². The van der Waals surface area contributed by atoms with E-state index >= 15 is 0 Å². The van der Waals surface area contributed by atoms with Crippen LogP contribution >= 0.6 is 0 Å². The largest absolute Gasteiger partial charge is 0.314 e. The molecule has 106 valence electrons. The van der Waals surface area contributed by atoms with Gasteiger partial charge in [-0.25, -0.2) is 0 Å². The lowest BCUT2D eigenvalue weighted by molar-refractivity contribution is 0.228. The molecular formula is C17H33N. The van der Waals surface area contributed by atoms with Crippen molar-refractivity contribution in [3.8, 4) is 0 Å². The van der Waals surface area contributed by atoms with E-state index in [2.05, 4.69) is 12.2 Å². The van der Waals surface area contributed by atoms with E-state index in [0.29, 0.717) is 0 Å². The summed E-state index contributed by atoms with van der Waals surface area (Å²) in [5.74, 6) is 2.01. The molecule has 0 aromatic carbocycles. The molecule has 1 unspecified atom stereocenters. The van der Waals surface area contributed by atoms with Crippen LogP contribution in [0.25, 0.3) is 0 Å². The lowest BCUT2D eigenvalue weighted by Gasteiger charge is -2.33. The second kappa shape index (κ2) is 8.19. The van der Waals surface area contributed by atoms with Gasteiger partial charge in [0.1, 0.15) is 0 Å². The van der Waals surface area contributed by atoms with Gasteiger partial charge in [-0.05, 0) is 37.6 Å². The van der Waals surface area contributed by atoms with Crippen LogP contribution in [0.3, 0.4) is 0 Å². The molecule has 0 bridgehead atoms. The molecule has 1 heteroatoms. The molecule has 1 nitrogen and oxygen atoms in total. The van der Waals surface area contributed by atoms with E-state index < -0.39 is 0 Å². The smallest absolute Gasteiger partial charge is 0.00978 e. The molecular weight excluding hydrogens is 218 g/mol. The van der Waals surface area contributed by atoms with Crippen LogP contribution in [0.15, 0.2) is 0 Å². The molecule has 0 aromatic heterocycles. The van der Waals surface area contributed by atoms with Crippen LogP contribution in [0.1, 0.15) is 84.0 Å². The van der Waals surface area contributed by atoms with Gasteiger partial charge >= 0.3 is 0 Å². The fraction of sp³-hybridized carbons (Fsp3) is 1.00. The van der Waals surface area contributed by atoms with E-state index in [1.807, 2.05) is 0 Å². The van der Waals surface area contributed by atoms with Gasteiger partial charge in [0, 0.05) is 6.04 Å². The Hall–Kier alpha value is -0.0400. The highest BCUT2D eigenvalue weighted by Gasteiger charge is 2.25. The second-order valence-electron chi connectivity index (χ2n) is 6.66. The van der Waals surface area contributed by atoms with E-state index in [9.17, 15) is 0 Å². The van der Waals surface area contributed by atoms with Gasteiger partial charge in [0.2, 0.25) is 0 Å². The SMILES string of the molecule is CCNC(CC1CCCCCC1)C1CCCCC1. The Morgan fingerprint density at radius 2 is 1.39 bits per heavy atom. The third kappa shape index (κ3) is 4.57. The summed E-state index contributed by atoms with van der Waals surface area (Å²) in [5, 5.41) is 3.82. The summed E-state index contributed by atoms with van der Waals surface area (Å²) in [6.07, 6.45) is 17.9. The Bertz CT molecular complexity index is 200. The number of rotatable bonds is 5. The summed E-state index contributed by atoms with van der Waals surface area (Å²) in [6, 6.07) is 0.832. The standard InChI is InChI=1S/C17H33N/c1-2-18-17(16-12-8-5-9-13-16)14-15-10-6-3-4-7-11-15/h15-18H,2-14H2,1H3. The van der Waals surface area contributed by atoms with Gasteiger partial charge in [-0.3, -0.25) is 0 Å². The fourth-order valence-corrected chi connectivity index (χ4v) is 4.20. The van der Waals surface area contributed by atoms with Crippen molar-refractivity contribution in [1.82, 2.24) is 5.32 Å². The van der Waals surface area contributed by atoms with Crippen LogP contribution in [0.4, 0.5) is 0 Å². The molecule has 2 aliphatic rings. The Labute approximate surface area is 114 Å². The number of hydrogen-bond donors (Lipinski definition) is 1. The quantitative estimate of drug-likeness (QED) is 0.685. The highest BCUT2D eigenvalue weighted by Crippen LogP contribution is 2.33. The van der Waals surface area contributed by atoms with Crippen LogP contribution < -0.4 is 5.32 Å². The lowest BCUT2D eigenvalue weighted by Crippen LogP contribution is -2.38. The minimum Gasteiger partial charge on any atom is -0.314 e. The van der Waals surface area contributed by atoms with Gasteiger partial charge in [0.25, 0.3) is 0 Å². The molecule has 0 aromatic rings. The molecule has 2 rings (SSSR count). The maximum atomic E-state index is 3.82. The van der Waals surface area contributed by atoms with Crippen molar-refractivity contribution in [2.45, 2.75) is 90.0 Å². The van der Waals surface area contributed by atoms with Crippen LogP contribution in [-0.2, 0) is 0 Å². The van der Waals surface area contributed by atoms with Crippen LogP contribution in [0.5, 0.6) is 0 Å². The monoisotopic (exact) mass is 251 g/mol. The molecule has 1 atom stereocenters. The van der Waals surface area contributed by atoms with E-state index in [-0.39, 0.29) is 0 Å². The highest BCUT2D eigenvalue weighted by atomic mass is 14.9. The van der Waals surface area contributed by atoms with Crippen molar-refractivity contribution in [2.24, 2.45) is 11.8 Å². The van der Waals surface area contributed by atoms with Crippen molar-refractivity contribution < 1.29 is 0 Å². The van der Waals surface area contributed by atoms with E-state index in [0.717, 1.165) is 24.4 Å². The Kier molecular flexibility index (Phi) is 6.54. The summed E-state index contributed by atoms with van der Waals surface area (Å²) in [4.78, 5) is 0. The van der Waals surface area contributed by atoms with E-state index in [4.69, 9.17) is 0 Å². The summed E-state index contributed by atoms with van der Waals surface area (Å²) >= 11 is 0. The average molecular weight is 251 g/mol. The maximum absolute atomic E-state index is 3.82. The molecule has 2 fully saturated rings. The van der Waals surface area contributed by atoms with Crippen LogP contribution in [0, 0.1) is 11.8 Å². The molecule has 0 saturated heterocycles. The number of hydrogen-bond acceptors (Lipinski definition) is 1. The Morgan fingerprint density at radius 3 is 2.00 bits per heavy atom. The van der Waals surface area contributed by atoms with Gasteiger partial charge in [-0.1, -0.05) is 64.7 Å². The molecule has 2 aliphatic carbocycles. The van der Waals surface area contributed by atoms with Gasteiger partial charge < -0.3 is 5.32 Å². The summed E-state index contributed by atoms with van der Waals surface area (Å²) in [6.45, 7) is 3.44. The van der Waals surface area contributed by atoms with Gasteiger partial charge in [-0.2, -0.15) is 0 Å². The Morgan fingerprint density at radius 1 is 0.833 bits per heavy atom. The van der Waals surface area contributed by atoms with Crippen molar-refractivity contribution in [2.75, 3.05) is 6.54 Å². The molecule has 1 N–H and O–H groups in total. The minimum atomic E-state index is 0.832. The molecule has 18 heavy (non-hydrogen) atoms. The molecule has 2 saturated carbocycles. The highest BCUT2D eigenvalue weighted by molar-refractivity contribution is 4.82. The van der Waals surface area contributed by atoms with E-state index in [1.165, 1.54) is 77.0 Å². The maximum Gasteiger partial charge on any atom is 0.00978 e. The fourth-order valence-electron chi connectivity index (χ4n) is 4.20. The third-order valence-corrected chi connectivity index (χ3v) is 5.25. The van der Waals surface area contributed by atoms with Crippen molar-refractivity contribution in [1.29, 1.82) is 0 Å². The first-order chi connectivity index (χ1) is 8.90. The average Bonchev–Trinajstić information content (AvgIpc) is 2.68. The molecule has 0 radical (unpaired) electrons. The molecule has 0 spiro atoms. The molecule has 0 amide bonds.